The molecule has 2 nitrogen and oxygen atoms in total. The summed E-state index contributed by atoms with van der Waals surface area (Å²) in [6.45, 7) is 5.89. The Balaban J connectivity index is 2.96. The molecule has 1 aromatic carbocycles. The van der Waals surface area contributed by atoms with Crippen molar-refractivity contribution >= 4 is 28.5 Å². The lowest BCUT2D eigenvalue weighted by atomic mass is 10.1. The lowest BCUT2D eigenvalue weighted by molar-refractivity contribution is 0.0942. The van der Waals surface area contributed by atoms with E-state index in [-0.39, 0.29) is 11.9 Å². The largest absolute Gasteiger partial charge is 0.350 e. The lowest BCUT2D eigenvalue weighted by Gasteiger charge is -2.10. The summed E-state index contributed by atoms with van der Waals surface area (Å²) >= 11 is 2.24. The number of carbonyl (C=O) groups excluding carboxylic acids is 1. The number of hydrogen-bond acceptors (Lipinski definition) is 1. The first-order valence-electron chi connectivity index (χ1n) is 4.58. The summed E-state index contributed by atoms with van der Waals surface area (Å²) in [6, 6.07) is 5.95. The summed E-state index contributed by atoms with van der Waals surface area (Å²) in [5.74, 6) is 0.0102. The van der Waals surface area contributed by atoms with Crippen LogP contribution < -0.4 is 5.32 Å². The van der Waals surface area contributed by atoms with Gasteiger partial charge in [-0.15, -0.1) is 0 Å². The second kappa shape index (κ2) is 4.77. The third-order valence-corrected chi connectivity index (χ3v) is 3.10. The summed E-state index contributed by atoms with van der Waals surface area (Å²) in [7, 11) is 0. The zero-order valence-electron chi connectivity index (χ0n) is 8.60. The van der Waals surface area contributed by atoms with E-state index < -0.39 is 0 Å². The average molecular weight is 303 g/mol. The van der Waals surface area contributed by atoms with Crippen LogP contribution >= 0.6 is 22.6 Å². The average Bonchev–Trinajstić information content (AvgIpc) is 2.08. The molecular formula is C11H14INO. The van der Waals surface area contributed by atoms with E-state index in [9.17, 15) is 4.79 Å². The van der Waals surface area contributed by atoms with Gasteiger partial charge in [0.25, 0.3) is 5.91 Å². The van der Waals surface area contributed by atoms with Gasteiger partial charge in [-0.25, -0.2) is 0 Å². The number of benzene rings is 1. The van der Waals surface area contributed by atoms with Gasteiger partial charge in [0.05, 0.1) is 0 Å². The maximum atomic E-state index is 11.7. The molecule has 1 amide bonds. The van der Waals surface area contributed by atoms with Crippen LogP contribution in [0.5, 0.6) is 0 Å². The van der Waals surface area contributed by atoms with Crippen molar-refractivity contribution in [1.29, 1.82) is 0 Å². The smallest absolute Gasteiger partial charge is 0.251 e. The first-order valence-corrected chi connectivity index (χ1v) is 5.66. The number of rotatable bonds is 2. The fourth-order valence-electron chi connectivity index (χ4n) is 1.19. The Morgan fingerprint density at radius 3 is 2.64 bits per heavy atom. The zero-order chi connectivity index (χ0) is 10.7. The Kier molecular flexibility index (Phi) is 3.92. The van der Waals surface area contributed by atoms with Crippen LogP contribution in [-0.2, 0) is 0 Å². The standard InChI is InChI=1S/C11H14INO/c1-7(2)13-11(14)9-5-4-6-10(12)8(9)3/h4-7H,1-3H3,(H,13,14). The third kappa shape index (κ3) is 2.70. The van der Waals surface area contributed by atoms with Crippen LogP contribution in [0.4, 0.5) is 0 Å². The van der Waals surface area contributed by atoms with Gasteiger partial charge in [-0.3, -0.25) is 4.79 Å². The molecule has 0 unspecified atom stereocenters. The topological polar surface area (TPSA) is 29.1 Å². The highest BCUT2D eigenvalue weighted by Gasteiger charge is 2.10. The van der Waals surface area contributed by atoms with Gasteiger partial charge in [0.15, 0.2) is 0 Å². The molecule has 0 bridgehead atoms. The molecule has 0 aromatic heterocycles. The number of carbonyl (C=O) groups is 1. The van der Waals surface area contributed by atoms with Crippen LogP contribution in [0.3, 0.4) is 0 Å². The minimum Gasteiger partial charge on any atom is -0.350 e. The number of amides is 1. The van der Waals surface area contributed by atoms with Crippen LogP contribution in [0.2, 0.25) is 0 Å². The maximum absolute atomic E-state index is 11.7. The summed E-state index contributed by atoms with van der Waals surface area (Å²) in [4.78, 5) is 11.7. The highest BCUT2D eigenvalue weighted by molar-refractivity contribution is 14.1. The molecule has 1 N–H and O–H groups in total. The third-order valence-electron chi connectivity index (χ3n) is 1.93. The Morgan fingerprint density at radius 1 is 1.43 bits per heavy atom. The van der Waals surface area contributed by atoms with Gasteiger partial charge in [-0.05, 0) is 61.1 Å². The Labute approximate surface area is 98.2 Å². The monoisotopic (exact) mass is 303 g/mol. The van der Waals surface area contributed by atoms with Crippen LogP contribution in [0.25, 0.3) is 0 Å². The highest BCUT2D eigenvalue weighted by Crippen LogP contribution is 2.15. The van der Waals surface area contributed by atoms with E-state index >= 15 is 0 Å². The summed E-state index contributed by atoms with van der Waals surface area (Å²) in [5.41, 5.74) is 1.82. The number of halogens is 1. The molecule has 0 aliphatic carbocycles. The molecule has 3 heteroatoms. The summed E-state index contributed by atoms with van der Waals surface area (Å²) in [5, 5.41) is 2.88. The van der Waals surface area contributed by atoms with Crippen molar-refractivity contribution in [3.63, 3.8) is 0 Å². The van der Waals surface area contributed by atoms with E-state index in [0.29, 0.717) is 0 Å². The molecule has 76 valence electrons. The molecule has 1 rings (SSSR count). The van der Waals surface area contributed by atoms with E-state index in [0.717, 1.165) is 14.7 Å². The highest BCUT2D eigenvalue weighted by atomic mass is 127. The van der Waals surface area contributed by atoms with E-state index in [1.165, 1.54) is 0 Å². The van der Waals surface area contributed by atoms with Crippen molar-refractivity contribution in [3.8, 4) is 0 Å². The lowest BCUT2D eigenvalue weighted by Crippen LogP contribution is -2.30. The molecule has 0 atom stereocenters. The van der Waals surface area contributed by atoms with E-state index in [1.807, 2.05) is 39.0 Å². The Bertz CT molecular complexity index is 347. The van der Waals surface area contributed by atoms with Crippen molar-refractivity contribution in [2.24, 2.45) is 0 Å². The van der Waals surface area contributed by atoms with Crippen LogP contribution in [0.15, 0.2) is 18.2 Å². The van der Waals surface area contributed by atoms with Gasteiger partial charge in [-0.2, -0.15) is 0 Å². The molecule has 0 aliphatic rings. The first kappa shape index (κ1) is 11.5. The van der Waals surface area contributed by atoms with Gasteiger partial charge in [0.2, 0.25) is 0 Å². The minimum atomic E-state index is 0.0102. The molecule has 1 aromatic rings. The van der Waals surface area contributed by atoms with E-state index in [2.05, 4.69) is 27.9 Å². The minimum absolute atomic E-state index is 0.0102. The quantitative estimate of drug-likeness (QED) is 0.836. The van der Waals surface area contributed by atoms with Gasteiger partial charge < -0.3 is 5.32 Å². The van der Waals surface area contributed by atoms with Crippen molar-refractivity contribution < 1.29 is 4.79 Å². The van der Waals surface area contributed by atoms with Crippen molar-refractivity contribution in [1.82, 2.24) is 5.32 Å². The number of hydrogen-bond donors (Lipinski definition) is 1. The molecule has 0 fully saturated rings. The molecule has 14 heavy (non-hydrogen) atoms. The summed E-state index contributed by atoms with van der Waals surface area (Å²) < 4.78 is 1.12. The normalized spacial score (nSPS) is 10.4. The zero-order valence-corrected chi connectivity index (χ0v) is 10.8. The van der Waals surface area contributed by atoms with Gasteiger partial charge in [0.1, 0.15) is 0 Å². The van der Waals surface area contributed by atoms with Crippen LogP contribution in [0, 0.1) is 10.5 Å². The van der Waals surface area contributed by atoms with Gasteiger partial charge in [0, 0.05) is 15.2 Å². The Hall–Kier alpha value is -0.580. The predicted molar refractivity (Wildman–Crippen MR) is 66.5 cm³/mol. The van der Waals surface area contributed by atoms with Gasteiger partial charge >= 0.3 is 0 Å². The second-order valence-corrected chi connectivity index (χ2v) is 4.70. The molecule has 0 heterocycles. The van der Waals surface area contributed by atoms with Crippen molar-refractivity contribution in [2.75, 3.05) is 0 Å². The summed E-state index contributed by atoms with van der Waals surface area (Å²) in [6.07, 6.45) is 0. The van der Waals surface area contributed by atoms with Crippen LogP contribution in [-0.4, -0.2) is 11.9 Å². The fraction of sp³-hybridized carbons (Fsp3) is 0.364. The van der Waals surface area contributed by atoms with E-state index in [1.54, 1.807) is 0 Å². The number of nitrogens with one attached hydrogen (secondary N) is 1. The Morgan fingerprint density at radius 2 is 2.07 bits per heavy atom. The molecule has 0 radical (unpaired) electrons. The van der Waals surface area contributed by atoms with E-state index in [4.69, 9.17) is 0 Å². The fourth-order valence-corrected chi connectivity index (χ4v) is 1.69. The molecule has 0 spiro atoms. The molecular weight excluding hydrogens is 289 g/mol. The van der Waals surface area contributed by atoms with Crippen LogP contribution in [0.1, 0.15) is 29.8 Å². The second-order valence-electron chi connectivity index (χ2n) is 3.54. The maximum Gasteiger partial charge on any atom is 0.251 e. The SMILES string of the molecule is Cc1c(I)cccc1C(=O)NC(C)C. The van der Waals surface area contributed by atoms with Crippen molar-refractivity contribution in [3.05, 3.63) is 32.9 Å². The molecule has 0 saturated heterocycles. The van der Waals surface area contributed by atoms with Crippen molar-refractivity contribution in [2.45, 2.75) is 26.8 Å². The predicted octanol–water partition coefficient (Wildman–Crippen LogP) is 2.74. The molecule has 0 saturated carbocycles. The first-order chi connectivity index (χ1) is 6.52. The molecule has 0 aliphatic heterocycles. The van der Waals surface area contributed by atoms with Gasteiger partial charge in [-0.1, -0.05) is 6.07 Å².